The zero-order chi connectivity index (χ0) is 12.4. The maximum atomic E-state index is 5.98. The fourth-order valence-corrected chi connectivity index (χ4v) is 1.77. The van der Waals surface area contributed by atoms with Crippen molar-refractivity contribution < 1.29 is 4.42 Å². The minimum absolute atomic E-state index is 0.177. The summed E-state index contributed by atoms with van der Waals surface area (Å²) < 4.78 is 5.64. The second-order valence-electron chi connectivity index (χ2n) is 4.98. The van der Waals surface area contributed by atoms with E-state index in [0.29, 0.717) is 17.8 Å². The molecule has 1 fully saturated rings. The predicted molar refractivity (Wildman–Crippen MR) is 65.8 cm³/mol. The SMILES string of the molecule is CC(C)C(N)c1nnc(N2CCN(C)CC2)o1. The highest BCUT2D eigenvalue weighted by molar-refractivity contribution is 5.25. The minimum Gasteiger partial charge on any atom is -0.406 e. The van der Waals surface area contributed by atoms with E-state index in [4.69, 9.17) is 10.2 Å². The first-order valence-corrected chi connectivity index (χ1v) is 6.10. The van der Waals surface area contributed by atoms with Crippen LogP contribution in [0.15, 0.2) is 4.42 Å². The van der Waals surface area contributed by atoms with Crippen molar-refractivity contribution in [2.75, 3.05) is 38.1 Å². The largest absolute Gasteiger partial charge is 0.406 e. The third kappa shape index (κ3) is 2.76. The van der Waals surface area contributed by atoms with Gasteiger partial charge in [0.25, 0.3) is 0 Å². The van der Waals surface area contributed by atoms with Gasteiger partial charge in [-0.25, -0.2) is 0 Å². The summed E-state index contributed by atoms with van der Waals surface area (Å²) in [7, 11) is 2.12. The van der Waals surface area contributed by atoms with Crippen LogP contribution in [0.25, 0.3) is 0 Å². The molecule has 6 heteroatoms. The molecule has 0 amide bonds. The first-order chi connectivity index (χ1) is 8.08. The Balaban J connectivity index is 2.03. The van der Waals surface area contributed by atoms with E-state index in [1.807, 2.05) is 13.8 Å². The number of aromatic nitrogens is 2. The van der Waals surface area contributed by atoms with Gasteiger partial charge in [0.2, 0.25) is 5.89 Å². The summed E-state index contributed by atoms with van der Waals surface area (Å²) in [4.78, 5) is 4.40. The van der Waals surface area contributed by atoms with E-state index < -0.39 is 0 Å². The third-order valence-corrected chi connectivity index (χ3v) is 3.21. The van der Waals surface area contributed by atoms with E-state index in [1.54, 1.807) is 0 Å². The topological polar surface area (TPSA) is 71.4 Å². The predicted octanol–water partition coefficient (Wildman–Crippen LogP) is 0.477. The Morgan fingerprint density at radius 1 is 1.18 bits per heavy atom. The molecule has 0 radical (unpaired) electrons. The number of nitrogens with two attached hydrogens (primary N) is 1. The van der Waals surface area contributed by atoms with E-state index in [9.17, 15) is 0 Å². The molecular formula is C11H21N5O. The molecule has 0 aromatic carbocycles. The van der Waals surface area contributed by atoms with Gasteiger partial charge in [0.1, 0.15) is 0 Å². The van der Waals surface area contributed by atoms with Crippen LogP contribution in [0, 0.1) is 5.92 Å². The maximum absolute atomic E-state index is 5.98. The summed E-state index contributed by atoms with van der Waals surface area (Å²) in [5, 5.41) is 8.11. The fourth-order valence-electron chi connectivity index (χ4n) is 1.77. The second kappa shape index (κ2) is 5.01. The van der Waals surface area contributed by atoms with Crippen LogP contribution in [-0.4, -0.2) is 48.3 Å². The second-order valence-corrected chi connectivity index (χ2v) is 4.98. The van der Waals surface area contributed by atoms with Crippen LogP contribution in [0.2, 0.25) is 0 Å². The van der Waals surface area contributed by atoms with Gasteiger partial charge in [-0.2, -0.15) is 0 Å². The van der Waals surface area contributed by atoms with Crippen molar-refractivity contribution >= 4 is 6.01 Å². The molecule has 2 N–H and O–H groups in total. The van der Waals surface area contributed by atoms with Crippen molar-refractivity contribution in [2.24, 2.45) is 11.7 Å². The fraction of sp³-hybridized carbons (Fsp3) is 0.818. The Morgan fingerprint density at radius 2 is 1.82 bits per heavy atom. The first kappa shape index (κ1) is 12.3. The normalized spacial score (nSPS) is 19.9. The Kier molecular flexibility index (Phi) is 3.63. The van der Waals surface area contributed by atoms with Crippen LogP contribution in [0.4, 0.5) is 6.01 Å². The van der Waals surface area contributed by atoms with E-state index in [2.05, 4.69) is 27.0 Å². The molecule has 96 valence electrons. The van der Waals surface area contributed by atoms with Crippen LogP contribution < -0.4 is 10.6 Å². The molecule has 0 aliphatic carbocycles. The van der Waals surface area contributed by atoms with Crippen LogP contribution in [0.1, 0.15) is 25.8 Å². The van der Waals surface area contributed by atoms with Gasteiger partial charge in [0.15, 0.2) is 0 Å². The quantitative estimate of drug-likeness (QED) is 0.827. The van der Waals surface area contributed by atoms with Crippen LogP contribution in [0.5, 0.6) is 0 Å². The summed E-state index contributed by atoms with van der Waals surface area (Å²) in [6.45, 7) is 7.99. The summed E-state index contributed by atoms with van der Waals surface area (Å²) in [6, 6.07) is 0.424. The van der Waals surface area contributed by atoms with Gasteiger partial charge in [0.05, 0.1) is 6.04 Å². The van der Waals surface area contributed by atoms with E-state index in [-0.39, 0.29) is 6.04 Å². The lowest BCUT2D eigenvalue weighted by Crippen LogP contribution is -2.44. The van der Waals surface area contributed by atoms with Gasteiger partial charge in [0, 0.05) is 26.2 Å². The first-order valence-electron chi connectivity index (χ1n) is 6.10. The number of anilines is 1. The van der Waals surface area contributed by atoms with Crippen molar-refractivity contribution in [3.63, 3.8) is 0 Å². The van der Waals surface area contributed by atoms with Crippen LogP contribution in [-0.2, 0) is 0 Å². The number of nitrogens with zero attached hydrogens (tertiary/aromatic N) is 4. The summed E-state index contributed by atoms with van der Waals surface area (Å²) in [6.07, 6.45) is 0. The number of piperazine rings is 1. The molecule has 1 aromatic heterocycles. The molecule has 0 bridgehead atoms. The Morgan fingerprint density at radius 3 is 2.41 bits per heavy atom. The summed E-state index contributed by atoms with van der Waals surface area (Å²) in [5.41, 5.74) is 5.98. The molecule has 17 heavy (non-hydrogen) atoms. The minimum atomic E-state index is -0.177. The molecule has 0 spiro atoms. The van der Waals surface area contributed by atoms with Crippen molar-refractivity contribution in [3.8, 4) is 0 Å². The lowest BCUT2D eigenvalue weighted by molar-refractivity contribution is 0.301. The van der Waals surface area contributed by atoms with Gasteiger partial charge in [-0.3, -0.25) is 0 Å². The van der Waals surface area contributed by atoms with E-state index in [1.165, 1.54) is 0 Å². The molecule has 1 aromatic rings. The van der Waals surface area contributed by atoms with Gasteiger partial charge in [-0.15, -0.1) is 5.10 Å². The van der Waals surface area contributed by atoms with Gasteiger partial charge >= 0.3 is 6.01 Å². The van der Waals surface area contributed by atoms with Crippen molar-refractivity contribution in [1.82, 2.24) is 15.1 Å². The smallest absolute Gasteiger partial charge is 0.318 e. The average Bonchev–Trinajstić information content (AvgIpc) is 2.78. The number of likely N-dealkylation sites (N-methyl/N-ethyl adjacent to an activating group) is 1. The molecule has 0 saturated carbocycles. The number of rotatable bonds is 3. The molecule has 1 unspecified atom stereocenters. The Labute approximate surface area is 102 Å². The van der Waals surface area contributed by atoms with Crippen LogP contribution in [0.3, 0.4) is 0 Å². The summed E-state index contributed by atoms with van der Waals surface area (Å²) in [5.74, 6) is 0.838. The standard InChI is InChI=1S/C11H21N5O/c1-8(2)9(12)10-13-14-11(17-10)16-6-4-15(3)5-7-16/h8-9H,4-7,12H2,1-3H3. The molecular weight excluding hydrogens is 218 g/mol. The van der Waals surface area contributed by atoms with Crippen molar-refractivity contribution in [1.29, 1.82) is 0 Å². The Hall–Kier alpha value is -1.14. The average molecular weight is 239 g/mol. The van der Waals surface area contributed by atoms with Gasteiger partial charge < -0.3 is 20.0 Å². The molecule has 1 atom stereocenters. The number of hydrogen-bond donors (Lipinski definition) is 1. The molecule has 1 aliphatic rings. The highest BCUT2D eigenvalue weighted by Crippen LogP contribution is 2.21. The van der Waals surface area contributed by atoms with E-state index >= 15 is 0 Å². The molecule has 2 heterocycles. The molecule has 1 saturated heterocycles. The highest BCUT2D eigenvalue weighted by atomic mass is 16.4. The zero-order valence-corrected chi connectivity index (χ0v) is 10.8. The Bertz CT molecular complexity index is 356. The van der Waals surface area contributed by atoms with Crippen molar-refractivity contribution in [2.45, 2.75) is 19.9 Å². The van der Waals surface area contributed by atoms with Crippen LogP contribution >= 0.6 is 0 Å². The number of hydrogen-bond acceptors (Lipinski definition) is 6. The van der Waals surface area contributed by atoms with Gasteiger partial charge in [-0.1, -0.05) is 18.9 Å². The molecule has 1 aliphatic heterocycles. The molecule has 6 nitrogen and oxygen atoms in total. The van der Waals surface area contributed by atoms with Gasteiger partial charge in [-0.05, 0) is 13.0 Å². The highest BCUT2D eigenvalue weighted by Gasteiger charge is 2.22. The zero-order valence-electron chi connectivity index (χ0n) is 10.8. The third-order valence-electron chi connectivity index (χ3n) is 3.21. The van der Waals surface area contributed by atoms with Crippen molar-refractivity contribution in [3.05, 3.63) is 5.89 Å². The monoisotopic (exact) mass is 239 g/mol. The molecule has 2 rings (SSSR count). The lowest BCUT2D eigenvalue weighted by atomic mass is 10.1. The lowest BCUT2D eigenvalue weighted by Gasteiger charge is -2.30. The van der Waals surface area contributed by atoms with E-state index in [0.717, 1.165) is 26.2 Å². The maximum Gasteiger partial charge on any atom is 0.318 e. The summed E-state index contributed by atoms with van der Waals surface area (Å²) >= 11 is 0.